The molecule has 1 aromatic rings. The summed E-state index contributed by atoms with van der Waals surface area (Å²) in [7, 11) is 5.59. The van der Waals surface area contributed by atoms with E-state index in [4.69, 9.17) is 0 Å². The average Bonchev–Trinajstić information content (AvgIpc) is 2.26. The molecule has 0 heterocycles. The van der Waals surface area contributed by atoms with Gasteiger partial charge < -0.3 is 15.5 Å². The summed E-state index contributed by atoms with van der Waals surface area (Å²) in [5.41, 5.74) is 2.22. The Morgan fingerprint density at radius 3 is 2.73 bits per heavy atom. The fraction of sp³-hybridized carbons (Fsp3) is 0.364. The second-order valence-corrected chi connectivity index (χ2v) is 3.50. The standard InChI is InChI=1S/C11H17N3O/c1-12-11(15)13-8-9-5-4-6-10(7-9)14(2)3/h4-7H,8H2,1-3H3,(H2,12,13,15). The van der Waals surface area contributed by atoms with Crippen LogP contribution in [-0.4, -0.2) is 27.2 Å². The van der Waals surface area contributed by atoms with Crippen LogP contribution >= 0.6 is 0 Å². The maximum absolute atomic E-state index is 11.0. The van der Waals surface area contributed by atoms with Crippen molar-refractivity contribution in [3.63, 3.8) is 0 Å². The number of nitrogens with one attached hydrogen (secondary N) is 2. The fourth-order valence-electron chi connectivity index (χ4n) is 1.22. The first kappa shape index (κ1) is 11.4. The van der Waals surface area contributed by atoms with Crippen molar-refractivity contribution in [3.8, 4) is 0 Å². The maximum Gasteiger partial charge on any atom is 0.314 e. The zero-order valence-corrected chi connectivity index (χ0v) is 9.37. The van der Waals surface area contributed by atoms with Crippen LogP contribution in [0.5, 0.6) is 0 Å². The first-order valence-electron chi connectivity index (χ1n) is 4.85. The van der Waals surface area contributed by atoms with Crippen LogP contribution in [0.3, 0.4) is 0 Å². The molecule has 2 N–H and O–H groups in total. The molecule has 0 spiro atoms. The van der Waals surface area contributed by atoms with Gasteiger partial charge in [-0.25, -0.2) is 4.79 Å². The molecule has 0 fully saturated rings. The van der Waals surface area contributed by atoms with E-state index in [0.29, 0.717) is 6.54 Å². The highest BCUT2D eigenvalue weighted by Gasteiger charge is 1.99. The van der Waals surface area contributed by atoms with Crippen molar-refractivity contribution in [2.24, 2.45) is 0 Å². The van der Waals surface area contributed by atoms with Crippen LogP contribution in [0.2, 0.25) is 0 Å². The molecule has 82 valence electrons. The van der Waals surface area contributed by atoms with Crippen molar-refractivity contribution in [1.29, 1.82) is 0 Å². The molecule has 4 nitrogen and oxygen atoms in total. The third-order valence-electron chi connectivity index (χ3n) is 2.11. The number of urea groups is 1. The molecule has 0 saturated heterocycles. The van der Waals surface area contributed by atoms with E-state index in [2.05, 4.69) is 16.7 Å². The van der Waals surface area contributed by atoms with Crippen LogP contribution in [0.1, 0.15) is 5.56 Å². The predicted molar refractivity (Wildman–Crippen MR) is 62.1 cm³/mol. The number of nitrogens with zero attached hydrogens (tertiary/aromatic N) is 1. The molecule has 4 heteroatoms. The molecule has 0 aliphatic carbocycles. The molecule has 1 rings (SSSR count). The second kappa shape index (κ2) is 5.24. The molecule has 0 radical (unpaired) electrons. The summed E-state index contributed by atoms with van der Waals surface area (Å²) in [5.74, 6) is 0. The normalized spacial score (nSPS) is 9.53. The molecular formula is C11H17N3O. The van der Waals surface area contributed by atoms with Crippen LogP contribution in [-0.2, 0) is 6.54 Å². The summed E-state index contributed by atoms with van der Waals surface area (Å²) in [6.45, 7) is 0.543. The Balaban J connectivity index is 2.61. The first-order valence-corrected chi connectivity index (χ1v) is 4.85. The van der Waals surface area contributed by atoms with Crippen molar-refractivity contribution in [2.75, 3.05) is 26.0 Å². The molecule has 0 aliphatic heterocycles. The number of amides is 2. The highest BCUT2D eigenvalue weighted by atomic mass is 16.2. The minimum Gasteiger partial charge on any atom is -0.378 e. The highest BCUT2D eigenvalue weighted by molar-refractivity contribution is 5.73. The van der Waals surface area contributed by atoms with E-state index in [-0.39, 0.29) is 6.03 Å². The summed E-state index contributed by atoms with van der Waals surface area (Å²) in [5, 5.41) is 5.26. The van der Waals surface area contributed by atoms with Crippen molar-refractivity contribution in [2.45, 2.75) is 6.54 Å². The van der Waals surface area contributed by atoms with E-state index in [9.17, 15) is 4.79 Å². The predicted octanol–water partition coefficient (Wildman–Crippen LogP) is 1.18. The Labute approximate surface area is 90.3 Å². The van der Waals surface area contributed by atoms with Gasteiger partial charge in [-0.2, -0.15) is 0 Å². The van der Waals surface area contributed by atoms with Gasteiger partial charge >= 0.3 is 6.03 Å². The Bertz CT molecular complexity index is 336. The van der Waals surface area contributed by atoms with Crippen molar-refractivity contribution in [3.05, 3.63) is 29.8 Å². The summed E-state index contributed by atoms with van der Waals surface area (Å²) in [6.07, 6.45) is 0. The van der Waals surface area contributed by atoms with E-state index in [0.717, 1.165) is 11.3 Å². The third-order valence-corrected chi connectivity index (χ3v) is 2.11. The van der Waals surface area contributed by atoms with E-state index in [1.807, 2.05) is 37.2 Å². The Kier molecular flexibility index (Phi) is 3.97. The lowest BCUT2D eigenvalue weighted by Crippen LogP contribution is -2.32. The van der Waals surface area contributed by atoms with Gasteiger partial charge in [0.05, 0.1) is 0 Å². The Morgan fingerprint density at radius 1 is 1.40 bits per heavy atom. The monoisotopic (exact) mass is 207 g/mol. The molecule has 0 bridgehead atoms. The Hall–Kier alpha value is -1.71. The second-order valence-electron chi connectivity index (χ2n) is 3.50. The van der Waals surface area contributed by atoms with Crippen LogP contribution in [0.25, 0.3) is 0 Å². The van der Waals surface area contributed by atoms with Crippen LogP contribution in [0.4, 0.5) is 10.5 Å². The van der Waals surface area contributed by atoms with Gasteiger partial charge in [0.2, 0.25) is 0 Å². The topological polar surface area (TPSA) is 44.4 Å². The lowest BCUT2D eigenvalue weighted by atomic mass is 10.2. The molecular weight excluding hydrogens is 190 g/mol. The van der Waals surface area contributed by atoms with Gasteiger partial charge in [-0.3, -0.25) is 0 Å². The average molecular weight is 207 g/mol. The molecule has 0 unspecified atom stereocenters. The molecule has 15 heavy (non-hydrogen) atoms. The van der Waals surface area contributed by atoms with Gasteiger partial charge in [-0.15, -0.1) is 0 Å². The molecule has 0 atom stereocenters. The van der Waals surface area contributed by atoms with E-state index >= 15 is 0 Å². The number of carbonyl (C=O) groups is 1. The van der Waals surface area contributed by atoms with Crippen molar-refractivity contribution >= 4 is 11.7 Å². The number of hydrogen-bond acceptors (Lipinski definition) is 2. The van der Waals surface area contributed by atoms with Crippen LogP contribution in [0, 0.1) is 0 Å². The highest BCUT2D eigenvalue weighted by Crippen LogP contribution is 2.12. The number of carbonyl (C=O) groups excluding carboxylic acids is 1. The first-order chi connectivity index (χ1) is 7.13. The Morgan fingerprint density at radius 2 is 2.13 bits per heavy atom. The number of anilines is 1. The van der Waals surface area contributed by atoms with Gasteiger partial charge in [0.15, 0.2) is 0 Å². The summed E-state index contributed by atoms with van der Waals surface area (Å²) < 4.78 is 0. The summed E-state index contributed by atoms with van der Waals surface area (Å²) >= 11 is 0. The van der Waals surface area contributed by atoms with Gasteiger partial charge in [0, 0.05) is 33.4 Å². The lowest BCUT2D eigenvalue weighted by Gasteiger charge is -2.13. The zero-order chi connectivity index (χ0) is 11.3. The molecule has 0 saturated carbocycles. The van der Waals surface area contributed by atoms with Gasteiger partial charge in [0.1, 0.15) is 0 Å². The SMILES string of the molecule is CNC(=O)NCc1cccc(N(C)C)c1. The van der Waals surface area contributed by atoms with Crippen LogP contribution in [0.15, 0.2) is 24.3 Å². The fourth-order valence-corrected chi connectivity index (χ4v) is 1.22. The zero-order valence-electron chi connectivity index (χ0n) is 9.37. The molecule has 0 aromatic heterocycles. The molecule has 2 amide bonds. The largest absolute Gasteiger partial charge is 0.378 e. The smallest absolute Gasteiger partial charge is 0.314 e. The molecule has 0 aliphatic rings. The minimum atomic E-state index is -0.162. The quantitative estimate of drug-likeness (QED) is 0.781. The number of benzene rings is 1. The van der Waals surface area contributed by atoms with Crippen molar-refractivity contribution < 1.29 is 4.79 Å². The summed E-state index contributed by atoms with van der Waals surface area (Å²) in [4.78, 5) is 13.0. The van der Waals surface area contributed by atoms with Gasteiger partial charge in [-0.05, 0) is 17.7 Å². The third kappa shape index (κ3) is 3.50. The van der Waals surface area contributed by atoms with Crippen molar-refractivity contribution in [1.82, 2.24) is 10.6 Å². The van der Waals surface area contributed by atoms with E-state index in [1.54, 1.807) is 7.05 Å². The van der Waals surface area contributed by atoms with E-state index < -0.39 is 0 Å². The summed E-state index contributed by atoms with van der Waals surface area (Å²) in [6, 6.07) is 7.89. The van der Waals surface area contributed by atoms with Crippen LogP contribution < -0.4 is 15.5 Å². The number of hydrogen-bond donors (Lipinski definition) is 2. The molecule has 1 aromatic carbocycles. The van der Waals surface area contributed by atoms with E-state index in [1.165, 1.54) is 0 Å². The van der Waals surface area contributed by atoms with Gasteiger partial charge in [0.25, 0.3) is 0 Å². The minimum absolute atomic E-state index is 0.162. The maximum atomic E-state index is 11.0. The van der Waals surface area contributed by atoms with Gasteiger partial charge in [-0.1, -0.05) is 12.1 Å². The lowest BCUT2D eigenvalue weighted by molar-refractivity contribution is 0.242. The number of rotatable bonds is 3.